The zero-order chi connectivity index (χ0) is 13.4. The second kappa shape index (κ2) is 8.45. The molecule has 0 unspecified atom stereocenters. The van der Waals surface area contributed by atoms with Crippen LogP contribution in [-0.2, 0) is 4.79 Å². The number of ether oxygens (including phenoxy) is 1. The number of rotatable bonds is 3. The van der Waals surface area contributed by atoms with E-state index in [1.807, 2.05) is 6.92 Å². The molecule has 0 amide bonds. The van der Waals surface area contributed by atoms with Crippen molar-refractivity contribution < 1.29 is 14.6 Å². The zero-order valence-electron chi connectivity index (χ0n) is 9.41. The lowest BCUT2D eigenvalue weighted by molar-refractivity contribution is -0.139. The quantitative estimate of drug-likeness (QED) is 0.860. The van der Waals surface area contributed by atoms with E-state index in [2.05, 4.69) is 0 Å². The Balaban J connectivity index is 0.000000557. The maximum Gasteiger partial charge on any atom is 0.341 e. The number of benzene rings is 1. The molecule has 6 heteroatoms. The third kappa shape index (κ3) is 9.10. The van der Waals surface area contributed by atoms with Crippen molar-refractivity contribution in [3.8, 4) is 5.75 Å². The van der Waals surface area contributed by atoms with Crippen molar-refractivity contribution in [2.75, 3.05) is 6.61 Å². The van der Waals surface area contributed by atoms with Crippen LogP contribution in [-0.4, -0.2) is 22.5 Å². The van der Waals surface area contributed by atoms with Gasteiger partial charge in [-0.15, -0.1) is 23.2 Å². The molecule has 0 heterocycles. The molecule has 0 aliphatic carbocycles. The highest BCUT2D eigenvalue weighted by atomic mass is 35.5. The van der Waals surface area contributed by atoms with E-state index in [1.54, 1.807) is 25.1 Å². The molecule has 1 aromatic rings. The maximum atomic E-state index is 10.2. The van der Waals surface area contributed by atoms with E-state index >= 15 is 0 Å². The molecule has 3 nitrogen and oxygen atoms in total. The van der Waals surface area contributed by atoms with Crippen molar-refractivity contribution >= 4 is 40.8 Å². The fraction of sp³-hybridized carbons (Fsp3) is 0.364. The van der Waals surface area contributed by atoms with Crippen molar-refractivity contribution in [1.29, 1.82) is 0 Å². The highest BCUT2D eigenvalue weighted by molar-refractivity contribution is 6.43. The minimum atomic E-state index is -0.991. The molecule has 0 spiro atoms. The van der Waals surface area contributed by atoms with Crippen LogP contribution >= 0.6 is 34.8 Å². The summed E-state index contributed by atoms with van der Waals surface area (Å²) in [5.74, 6) is -0.443. The summed E-state index contributed by atoms with van der Waals surface area (Å²) in [6.07, 6.45) is 0. The summed E-state index contributed by atoms with van der Waals surface area (Å²) in [6.45, 7) is 3.18. The minimum absolute atomic E-state index is 0.222. The Kier molecular flexibility index (Phi) is 8.13. The monoisotopic (exact) mass is 298 g/mol. The Morgan fingerprint density at radius 2 is 2.00 bits per heavy atom. The van der Waals surface area contributed by atoms with E-state index in [9.17, 15) is 4.79 Å². The smallest absolute Gasteiger partial charge is 0.341 e. The third-order valence-corrected chi connectivity index (χ3v) is 1.72. The number of halogens is 3. The van der Waals surface area contributed by atoms with Crippen LogP contribution in [0.1, 0.15) is 12.5 Å². The molecular formula is C11H13Cl3O3. The van der Waals surface area contributed by atoms with Crippen LogP contribution in [0.4, 0.5) is 0 Å². The van der Waals surface area contributed by atoms with Crippen LogP contribution in [0.25, 0.3) is 0 Å². The molecule has 0 saturated carbocycles. The molecule has 0 aromatic heterocycles. The summed E-state index contributed by atoms with van der Waals surface area (Å²) in [7, 11) is 0. The van der Waals surface area contributed by atoms with Crippen LogP contribution in [0.2, 0.25) is 5.02 Å². The zero-order valence-corrected chi connectivity index (χ0v) is 11.7. The van der Waals surface area contributed by atoms with Crippen LogP contribution < -0.4 is 4.74 Å². The summed E-state index contributed by atoms with van der Waals surface area (Å²) in [4.78, 5) is 9.98. The van der Waals surface area contributed by atoms with Gasteiger partial charge in [0, 0.05) is 5.02 Å². The van der Waals surface area contributed by atoms with Gasteiger partial charge in [-0.05, 0) is 37.6 Å². The van der Waals surface area contributed by atoms with E-state index in [-0.39, 0.29) is 11.4 Å². The van der Waals surface area contributed by atoms with Gasteiger partial charge in [-0.1, -0.05) is 11.6 Å². The summed E-state index contributed by atoms with van der Waals surface area (Å²) in [5.41, 5.74) is 0.828. The average Bonchev–Trinajstić information content (AvgIpc) is 2.15. The van der Waals surface area contributed by atoms with Gasteiger partial charge in [0.25, 0.3) is 0 Å². The summed E-state index contributed by atoms with van der Waals surface area (Å²) < 4.78 is 5.00. The Hall–Kier alpha value is -0.640. The molecule has 17 heavy (non-hydrogen) atoms. The van der Waals surface area contributed by atoms with Crippen molar-refractivity contribution in [1.82, 2.24) is 0 Å². The predicted molar refractivity (Wildman–Crippen MR) is 70.5 cm³/mol. The average molecular weight is 300 g/mol. The van der Waals surface area contributed by atoms with E-state index in [0.29, 0.717) is 10.8 Å². The lowest BCUT2D eigenvalue weighted by Gasteiger charge is -2.06. The lowest BCUT2D eigenvalue weighted by atomic mass is 10.2. The summed E-state index contributed by atoms with van der Waals surface area (Å²) in [6, 6.07) is 5.03. The Morgan fingerprint density at radius 1 is 1.47 bits per heavy atom. The first-order valence-electron chi connectivity index (χ1n) is 4.71. The topological polar surface area (TPSA) is 46.5 Å². The normalized spacial score (nSPS) is 9.53. The fourth-order valence-electron chi connectivity index (χ4n) is 0.914. The van der Waals surface area contributed by atoms with Gasteiger partial charge in [-0.3, -0.25) is 0 Å². The molecule has 0 bridgehead atoms. The van der Waals surface area contributed by atoms with Gasteiger partial charge in [0.1, 0.15) is 10.6 Å². The number of carbonyl (C=O) groups is 1. The number of carboxylic acids is 1. The highest BCUT2D eigenvalue weighted by Crippen LogP contribution is 2.21. The lowest BCUT2D eigenvalue weighted by Crippen LogP contribution is -2.09. The van der Waals surface area contributed by atoms with Crippen molar-refractivity contribution in [3.05, 3.63) is 28.8 Å². The van der Waals surface area contributed by atoms with Gasteiger partial charge in [0.05, 0.1) is 0 Å². The van der Waals surface area contributed by atoms with Crippen LogP contribution in [0.15, 0.2) is 18.2 Å². The van der Waals surface area contributed by atoms with Gasteiger partial charge in [-0.25, -0.2) is 4.79 Å². The molecule has 0 saturated heterocycles. The standard InChI is InChI=1S/C9H9ClO3.C2H4Cl2/c1-6-4-7(10)2-3-8(6)13-5-9(11)12;1-2(3)4/h2-4H,5H2,1H3,(H,11,12);2H,1H3. The molecule has 96 valence electrons. The first-order valence-corrected chi connectivity index (χ1v) is 5.97. The van der Waals surface area contributed by atoms with Gasteiger partial charge in [-0.2, -0.15) is 0 Å². The van der Waals surface area contributed by atoms with E-state index in [4.69, 9.17) is 44.6 Å². The van der Waals surface area contributed by atoms with E-state index in [1.165, 1.54) is 0 Å². The van der Waals surface area contributed by atoms with E-state index in [0.717, 1.165) is 5.56 Å². The number of hydrogen-bond acceptors (Lipinski definition) is 2. The molecular weight excluding hydrogens is 286 g/mol. The van der Waals surface area contributed by atoms with Crippen molar-refractivity contribution in [3.63, 3.8) is 0 Å². The Bertz CT molecular complexity index is 364. The maximum absolute atomic E-state index is 10.2. The Labute approximate surface area is 115 Å². The van der Waals surface area contributed by atoms with Gasteiger partial charge < -0.3 is 9.84 Å². The SMILES string of the molecule is CC(Cl)Cl.Cc1cc(Cl)ccc1OCC(=O)O. The molecule has 0 aliphatic heterocycles. The molecule has 0 atom stereocenters. The van der Waals surface area contributed by atoms with Crippen molar-refractivity contribution in [2.24, 2.45) is 0 Å². The summed E-state index contributed by atoms with van der Waals surface area (Å²) in [5, 5.41) is 8.98. The fourth-order valence-corrected chi connectivity index (χ4v) is 1.14. The van der Waals surface area contributed by atoms with E-state index < -0.39 is 5.97 Å². The Morgan fingerprint density at radius 3 is 2.41 bits per heavy atom. The second-order valence-electron chi connectivity index (χ2n) is 3.11. The minimum Gasteiger partial charge on any atom is -0.482 e. The van der Waals surface area contributed by atoms with Crippen LogP contribution in [0.3, 0.4) is 0 Å². The first-order chi connectivity index (χ1) is 7.82. The number of aliphatic carboxylic acids is 1. The molecule has 1 aromatic carbocycles. The highest BCUT2D eigenvalue weighted by Gasteiger charge is 2.02. The van der Waals surface area contributed by atoms with Crippen LogP contribution in [0, 0.1) is 6.92 Å². The number of hydrogen-bond donors (Lipinski definition) is 1. The predicted octanol–water partition coefficient (Wildman–Crippen LogP) is 3.92. The van der Waals surface area contributed by atoms with Gasteiger partial charge >= 0.3 is 5.97 Å². The van der Waals surface area contributed by atoms with Crippen LogP contribution in [0.5, 0.6) is 5.75 Å². The molecule has 0 fully saturated rings. The number of alkyl halides is 2. The largest absolute Gasteiger partial charge is 0.482 e. The van der Waals surface area contributed by atoms with Crippen molar-refractivity contribution in [2.45, 2.75) is 18.7 Å². The number of carboxylic acid groups (broad SMARTS) is 1. The van der Waals surface area contributed by atoms with Gasteiger partial charge in [0.15, 0.2) is 6.61 Å². The molecule has 0 aliphatic rings. The second-order valence-corrected chi connectivity index (χ2v) is 5.08. The third-order valence-electron chi connectivity index (χ3n) is 1.49. The molecule has 0 radical (unpaired) electrons. The summed E-state index contributed by atoms with van der Waals surface area (Å²) >= 11 is 15.8. The molecule has 1 N–H and O–H groups in total. The van der Waals surface area contributed by atoms with Gasteiger partial charge in [0.2, 0.25) is 0 Å². The first kappa shape index (κ1) is 16.4. The number of aryl methyl sites for hydroxylation is 1. The molecule has 1 rings (SSSR count).